The van der Waals surface area contributed by atoms with Crippen LogP contribution >= 0.6 is 0 Å². The first-order valence-corrected chi connectivity index (χ1v) is 10.3. The molecule has 1 aromatic rings. The van der Waals surface area contributed by atoms with Crippen LogP contribution in [0.15, 0.2) is 18.2 Å². The molecule has 2 amide bonds. The first kappa shape index (κ1) is 19.8. The number of hydrogen-bond donors (Lipinski definition) is 4. The molecule has 5 N–H and O–H groups in total. The molecule has 2 aliphatic rings. The topological polar surface area (TPSA) is 81.1 Å². The van der Waals surface area contributed by atoms with Crippen LogP contribution in [0.25, 0.3) is 0 Å². The molecule has 6 heteroatoms. The van der Waals surface area contributed by atoms with Gasteiger partial charge in [0.1, 0.15) is 0 Å². The Kier molecular flexibility index (Phi) is 6.17. The van der Waals surface area contributed by atoms with Gasteiger partial charge in [0.2, 0.25) is 0 Å². The quantitative estimate of drug-likeness (QED) is 0.545. The summed E-state index contributed by atoms with van der Waals surface area (Å²) in [5.74, 6) is -0.120. The van der Waals surface area contributed by atoms with Gasteiger partial charge in [-0.2, -0.15) is 0 Å². The molecule has 0 spiro atoms. The molecule has 0 saturated carbocycles. The molecule has 0 radical (unpaired) electrons. The maximum atomic E-state index is 12.5. The molecule has 0 aromatic heterocycles. The second kappa shape index (κ2) is 8.40. The molecule has 2 saturated heterocycles. The predicted octanol–water partition coefficient (Wildman–Crippen LogP) is -0.786. The lowest BCUT2D eigenvalue weighted by atomic mass is 9.83. The van der Waals surface area contributed by atoms with Gasteiger partial charge >= 0.3 is 0 Å². The molecule has 2 fully saturated rings. The normalized spacial score (nSPS) is 26.5. The number of anilines is 1. The van der Waals surface area contributed by atoms with Crippen molar-refractivity contribution in [1.29, 1.82) is 0 Å². The minimum atomic E-state index is -0.423. The van der Waals surface area contributed by atoms with Crippen molar-refractivity contribution in [2.24, 2.45) is 5.73 Å². The molecule has 0 atom stereocenters. The van der Waals surface area contributed by atoms with Gasteiger partial charge in [-0.15, -0.1) is 0 Å². The monoisotopic (exact) mass is 374 g/mol. The van der Waals surface area contributed by atoms with Crippen molar-refractivity contribution in [3.05, 3.63) is 29.3 Å². The zero-order valence-electron chi connectivity index (χ0n) is 16.7. The van der Waals surface area contributed by atoms with Crippen molar-refractivity contribution in [3.8, 4) is 0 Å². The maximum absolute atomic E-state index is 12.5. The standard InChI is InChI=1S/C21H32N4O2/c1-16-12-17(2)14-18(13-16)23-19(26)15-24-10-6-21(7-11-24,20(22)27)25-8-4-3-5-9-25/h12-14H,3-11,15H2,1-2H3,(H2,22,27)(H,23,26)/p+2. The Hall–Kier alpha value is -1.92. The third-order valence-corrected chi connectivity index (χ3v) is 6.33. The number of primary amides is 1. The van der Waals surface area contributed by atoms with Gasteiger partial charge < -0.3 is 20.9 Å². The Morgan fingerprint density at radius 1 is 1.00 bits per heavy atom. The zero-order chi connectivity index (χ0) is 19.4. The number of quaternary nitrogens is 2. The molecular formula is C21H34N4O2+2. The highest BCUT2D eigenvalue weighted by Crippen LogP contribution is 2.15. The summed E-state index contributed by atoms with van der Waals surface area (Å²) in [6.07, 6.45) is 5.18. The van der Waals surface area contributed by atoms with Gasteiger partial charge in [0.05, 0.1) is 39.0 Å². The Morgan fingerprint density at radius 2 is 1.59 bits per heavy atom. The first-order valence-electron chi connectivity index (χ1n) is 10.3. The lowest BCUT2D eigenvalue weighted by Gasteiger charge is -2.43. The van der Waals surface area contributed by atoms with Crippen molar-refractivity contribution in [2.45, 2.75) is 51.5 Å². The third kappa shape index (κ3) is 4.68. The van der Waals surface area contributed by atoms with Gasteiger partial charge in [0.25, 0.3) is 11.8 Å². The fourth-order valence-corrected chi connectivity index (χ4v) is 4.92. The van der Waals surface area contributed by atoms with E-state index in [1.807, 2.05) is 26.0 Å². The Labute approximate surface area is 162 Å². The minimum absolute atomic E-state index is 0.0342. The summed E-state index contributed by atoms with van der Waals surface area (Å²) < 4.78 is 0. The van der Waals surface area contributed by atoms with Gasteiger partial charge in [0.15, 0.2) is 12.1 Å². The van der Waals surface area contributed by atoms with E-state index in [4.69, 9.17) is 5.73 Å². The molecule has 0 bridgehead atoms. The van der Waals surface area contributed by atoms with Crippen LogP contribution in [0.2, 0.25) is 0 Å². The largest absolute Gasteiger partial charge is 0.364 e. The van der Waals surface area contributed by atoms with E-state index in [9.17, 15) is 9.59 Å². The van der Waals surface area contributed by atoms with Gasteiger partial charge in [-0.3, -0.25) is 9.59 Å². The molecule has 27 heavy (non-hydrogen) atoms. The lowest BCUT2D eigenvalue weighted by Crippen LogP contribution is -3.26. The molecular weight excluding hydrogens is 340 g/mol. The first-order chi connectivity index (χ1) is 12.9. The Morgan fingerprint density at radius 3 is 2.15 bits per heavy atom. The van der Waals surface area contributed by atoms with E-state index in [-0.39, 0.29) is 11.8 Å². The molecule has 148 valence electrons. The zero-order valence-corrected chi connectivity index (χ0v) is 16.7. The van der Waals surface area contributed by atoms with E-state index in [1.165, 1.54) is 29.1 Å². The number of nitrogens with two attached hydrogens (primary N) is 1. The highest BCUT2D eigenvalue weighted by molar-refractivity contribution is 5.91. The summed E-state index contributed by atoms with van der Waals surface area (Å²) in [4.78, 5) is 27.4. The van der Waals surface area contributed by atoms with Crippen molar-refractivity contribution < 1.29 is 19.4 Å². The predicted molar refractivity (Wildman–Crippen MR) is 106 cm³/mol. The van der Waals surface area contributed by atoms with Crippen LogP contribution in [0.5, 0.6) is 0 Å². The molecule has 2 aliphatic heterocycles. The third-order valence-electron chi connectivity index (χ3n) is 6.33. The molecule has 6 nitrogen and oxygen atoms in total. The van der Waals surface area contributed by atoms with E-state index in [1.54, 1.807) is 0 Å². The van der Waals surface area contributed by atoms with Crippen molar-refractivity contribution >= 4 is 17.5 Å². The van der Waals surface area contributed by atoms with Crippen molar-refractivity contribution in [1.82, 2.24) is 0 Å². The minimum Gasteiger partial charge on any atom is -0.364 e. The summed E-state index contributed by atoms with van der Waals surface area (Å²) in [7, 11) is 0. The van der Waals surface area contributed by atoms with E-state index in [0.717, 1.165) is 55.8 Å². The smallest absolute Gasteiger partial charge is 0.279 e. The second-order valence-corrected chi connectivity index (χ2v) is 8.46. The van der Waals surface area contributed by atoms with Crippen LogP contribution < -0.4 is 20.9 Å². The number of piperidine rings is 2. The van der Waals surface area contributed by atoms with Crippen LogP contribution in [0, 0.1) is 13.8 Å². The summed E-state index contributed by atoms with van der Waals surface area (Å²) in [5.41, 5.74) is 8.59. The fraction of sp³-hybridized carbons (Fsp3) is 0.619. The fourth-order valence-electron chi connectivity index (χ4n) is 4.92. The van der Waals surface area contributed by atoms with E-state index in [0.29, 0.717) is 6.54 Å². The summed E-state index contributed by atoms with van der Waals surface area (Å²) >= 11 is 0. The second-order valence-electron chi connectivity index (χ2n) is 8.46. The molecule has 3 rings (SSSR count). The summed E-state index contributed by atoms with van der Waals surface area (Å²) in [6, 6.07) is 6.08. The van der Waals surface area contributed by atoms with Crippen molar-refractivity contribution in [3.63, 3.8) is 0 Å². The van der Waals surface area contributed by atoms with Crippen LogP contribution in [0.4, 0.5) is 5.69 Å². The number of carbonyl (C=O) groups excluding carboxylic acids is 2. The van der Waals surface area contributed by atoms with E-state index >= 15 is 0 Å². The number of rotatable bonds is 5. The number of nitrogens with one attached hydrogen (secondary N) is 3. The SMILES string of the molecule is Cc1cc(C)cc(NC(=O)C[NH+]2CCC(C(N)=O)([NH+]3CCCCC3)CC2)c1. The number of amides is 2. The van der Waals surface area contributed by atoms with Crippen molar-refractivity contribution in [2.75, 3.05) is 38.0 Å². The molecule has 0 aliphatic carbocycles. The van der Waals surface area contributed by atoms with Crippen LogP contribution in [-0.2, 0) is 9.59 Å². The number of likely N-dealkylation sites (tertiary alicyclic amines) is 2. The number of hydrogen-bond acceptors (Lipinski definition) is 2. The number of aryl methyl sites for hydroxylation is 2. The van der Waals surface area contributed by atoms with Crippen LogP contribution in [0.3, 0.4) is 0 Å². The molecule has 1 aromatic carbocycles. The Bertz CT molecular complexity index is 669. The van der Waals surface area contributed by atoms with Gasteiger partial charge in [-0.1, -0.05) is 6.07 Å². The van der Waals surface area contributed by atoms with E-state index in [2.05, 4.69) is 11.4 Å². The maximum Gasteiger partial charge on any atom is 0.279 e. The van der Waals surface area contributed by atoms with Gasteiger partial charge in [-0.05, 0) is 56.4 Å². The van der Waals surface area contributed by atoms with Gasteiger partial charge in [0, 0.05) is 5.69 Å². The summed E-state index contributed by atoms with van der Waals surface area (Å²) in [6.45, 7) is 8.25. The average Bonchev–Trinajstić information content (AvgIpc) is 2.62. The molecule has 2 heterocycles. The Balaban J connectivity index is 1.56. The number of carbonyl (C=O) groups is 2. The highest BCUT2D eigenvalue weighted by atomic mass is 16.2. The lowest BCUT2D eigenvalue weighted by molar-refractivity contribution is -0.972. The highest BCUT2D eigenvalue weighted by Gasteiger charge is 2.50. The van der Waals surface area contributed by atoms with Gasteiger partial charge in [-0.25, -0.2) is 0 Å². The van der Waals surface area contributed by atoms with Crippen LogP contribution in [-0.4, -0.2) is 50.1 Å². The molecule has 0 unspecified atom stereocenters. The average molecular weight is 375 g/mol. The number of benzene rings is 1. The van der Waals surface area contributed by atoms with E-state index < -0.39 is 5.54 Å². The summed E-state index contributed by atoms with van der Waals surface area (Å²) in [5, 5.41) is 3.02. The van der Waals surface area contributed by atoms with Crippen LogP contribution in [0.1, 0.15) is 43.2 Å².